The molecule has 1 aliphatic rings. The minimum absolute atomic E-state index is 0.0814. The average molecular weight is 469 g/mol. The highest BCUT2D eigenvalue weighted by atomic mass is 16.5. The third-order valence-electron chi connectivity index (χ3n) is 6.58. The number of rotatable bonds is 9. The highest BCUT2D eigenvalue weighted by molar-refractivity contribution is 6.07. The van der Waals surface area contributed by atoms with Gasteiger partial charge in [-0.1, -0.05) is 68.3 Å². The van der Waals surface area contributed by atoms with Crippen LogP contribution in [-0.4, -0.2) is 18.6 Å². The molecule has 182 valence electrons. The van der Waals surface area contributed by atoms with Crippen molar-refractivity contribution in [1.82, 2.24) is 5.32 Å². The van der Waals surface area contributed by atoms with Crippen molar-refractivity contribution >= 4 is 17.7 Å². The maximum atomic E-state index is 13.1. The molecule has 0 saturated carbocycles. The number of anilines is 1. The van der Waals surface area contributed by atoms with E-state index in [1.54, 1.807) is 0 Å². The van der Waals surface area contributed by atoms with Crippen molar-refractivity contribution in [2.75, 3.05) is 11.9 Å². The Morgan fingerprint density at radius 2 is 1.71 bits per heavy atom. The predicted octanol–water partition coefficient (Wildman–Crippen LogP) is 7.13. The summed E-state index contributed by atoms with van der Waals surface area (Å²) in [5.74, 6) is 0.732. The number of fused-ring (bicyclic) bond motifs is 1. The van der Waals surface area contributed by atoms with Crippen LogP contribution in [0.1, 0.15) is 56.2 Å². The Morgan fingerprint density at radius 3 is 2.43 bits per heavy atom. The minimum atomic E-state index is -0.0814. The lowest BCUT2D eigenvalue weighted by atomic mass is 10.00. The summed E-state index contributed by atoms with van der Waals surface area (Å²) in [5.41, 5.74) is 7.17. The maximum absolute atomic E-state index is 13.1. The SMILES string of the molecule is CCCC(CC)NCc1ccc(NC(=O)C2=Cc3cc(-c4ccc(C)cc4)ccc3OCC2)cc1. The smallest absolute Gasteiger partial charge is 0.251 e. The fourth-order valence-electron chi connectivity index (χ4n) is 4.41. The lowest BCUT2D eigenvalue weighted by molar-refractivity contribution is -0.113. The van der Waals surface area contributed by atoms with E-state index in [1.165, 1.54) is 24.0 Å². The summed E-state index contributed by atoms with van der Waals surface area (Å²) in [6.07, 6.45) is 6.05. The Morgan fingerprint density at radius 1 is 0.971 bits per heavy atom. The Balaban J connectivity index is 1.44. The van der Waals surface area contributed by atoms with E-state index in [1.807, 2.05) is 24.3 Å². The molecule has 0 spiro atoms. The van der Waals surface area contributed by atoms with Crippen LogP contribution >= 0.6 is 0 Å². The molecule has 4 rings (SSSR count). The number of carbonyl (C=O) groups excluding carboxylic acids is 1. The van der Waals surface area contributed by atoms with E-state index in [4.69, 9.17) is 4.74 Å². The summed E-state index contributed by atoms with van der Waals surface area (Å²) in [5, 5.41) is 6.69. The van der Waals surface area contributed by atoms with Crippen LogP contribution in [-0.2, 0) is 11.3 Å². The number of aryl methyl sites for hydroxylation is 1. The van der Waals surface area contributed by atoms with Crippen molar-refractivity contribution in [1.29, 1.82) is 0 Å². The fraction of sp³-hybridized carbons (Fsp3) is 0.323. The zero-order chi connectivity index (χ0) is 24.6. The summed E-state index contributed by atoms with van der Waals surface area (Å²) in [7, 11) is 0. The molecule has 0 fully saturated rings. The molecule has 0 bridgehead atoms. The first-order valence-corrected chi connectivity index (χ1v) is 12.7. The van der Waals surface area contributed by atoms with Crippen LogP contribution in [0.25, 0.3) is 17.2 Å². The summed E-state index contributed by atoms with van der Waals surface area (Å²) >= 11 is 0. The largest absolute Gasteiger partial charge is 0.493 e. The van der Waals surface area contributed by atoms with Crippen LogP contribution in [0.5, 0.6) is 5.75 Å². The van der Waals surface area contributed by atoms with E-state index in [-0.39, 0.29) is 5.91 Å². The first kappa shape index (κ1) is 24.7. The molecular formula is C31H36N2O2. The van der Waals surface area contributed by atoms with E-state index in [0.717, 1.165) is 46.7 Å². The van der Waals surface area contributed by atoms with Crippen LogP contribution in [0.3, 0.4) is 0 Å². The standard InChI is InChI=1S/C31H36N2O2/c1-4-6-28(5-2)32-21-23-9-14-29(15-10-23)33-31(34)26-17-18-35-30-16-13-25(19-27(30)20-26)24-11-7-22(3)8-12-24/h7-16,19-20,28,32H,4-6,17-18,21H2,1-3H3,(H,33,34). The number of hydrogen-bond acceptors (Lipinski definition) is 3. The Kier molecular flexibility index (Phi) is 8.38. The van der Waals surface area contributed by atoms with Crippen molar-refractivity contribution < 1.29 is 9.53 Å². The van der Waals surface area contributed by atoms with E-state index in [9.17, 15) is 4.79 Å². The van der Waals surface area contributed by atoms with Crippen molar-refractivity contribution in [3.8, 4) is 16.9 Å². The van der Waals surface area contributed by atoms with Gasteiger partial charge in [0, 0.05) is 35.8 Å². The van der Waals surface area contributed by atoms with Crippen molar-refractivity contribution in [3.05, 3.63) is 89.0 Å². The van der Waals surface area contributed by atoms with Gasteiger partial charge in [-0.15, -0.1) is 0 Å². The molecule has 0 aromatic heterocycles. The summed E-state index contributed by atoms with van der Waals surface area (Å²) in [4.78, 5) is 13.1. The molecule has 4 heteroatoms. The molecule has 0 saturated heterocycles. The van der Waals surface area contributed by atoms with E-state index in [0.29, 0.717) is 19.1 Å². The molecule has 3 aromatic rings. The van der Waals surface area contributed by atoms with Crippen LogP contribution in [0.2, 0.25) is 0 Å². The molecule has 0 aliphatic carbocycles. The molecule has 4 nitrogen and oxygen atoms in total. The van der Waals surface area contributed by atoms with E-state index < -0.39 is 0 Å². The van der Waals surface area contributed by atoms with Crippen molar-refractivity contribution in [3.63, 3.8) is 0 Å². The fourth-order valence-corrected chi connectivity index (χ4v) is 4.41. The lowest BCUT2D eigenvalue weighted by Gasteiger charge is -2.16. The molecule has 3 aromatic carbocycles. The van der Waals surface area contributed by atoms with Gasteiger partial charge >= 0.3 is 0 Å². The molecule has 1 heterocycles. The number of benzene rings is 3. The third-order valence-corrected chi connectivity index (χ3v) is 6.58. The summed E-state index contributed by atoms with van der Waals surface area (Å²) < 4.78 is 5.94. The quantitative estimate of drug-likeness (QED) is 0.351. The van der Waals surface area contributed by atoms with Gasteiger partial charge in [0.2, 0.25) is 0 Å². The number of hydrogen-bond donors (Lipinski definition) is 2. The molecule has 1 amide bonds. The van der Waals surface area contributed by atoms with Crippen LogP contribution in [0.4, 0.5) is 5.69 Å². The van der Waals surface area contributed by atoms with Crippen LogP contribution in [0.15, 0.2) is 72.3 Å². The third kappa shape index (κ3) is 6.61. The van der Waals surface area contributed by atoms with Crippen molar-refractivity contribution in [2.45, 2.75) is 59.0 Å². The summed E-state index contributed by atoms with van der Waals surface area (Å²) in [6, 6.07) is 23.3. The average Bonchev–Trinajstić information content (AvgIpc) is 3.10. The highest BCUT2D eigenvalue weighted by Crippen LogP contribution is 2.31. The molecular weight excluding hydrogens is 432 g/mol. The van der Waals surface area contributed by atoms with Gasteiger partial charge in [0.15, 0.2) is 0 Å². The normalized spacial score (nSPS) is 13.7. The highest BCUT2D eigenvalue weighted by Gasteiger charge is 2.16. The molecule has 1 unspecified atom stereocenters. The number of nitrogens with one attached hydrogen (secondary N) is 2. The van der Waals surface area contributed by atoms with Gasteiger partial charge in [-0.2, -0.15) is 0 Å². The van der Waals surface area contributed by atoms with Gasteiger partial charge in [-0.3, -0.25) is 4.79 Å². The Labute approximate surface area is 209 Å². The zero-order valence-electron chi connectivity index (χ0n) is 21.1. The first-order valence-electron chi connectivity index (χ1n) is 12.7. The van der Waals surface area contributed by atoms with Gasteiger partial charge < -0.3 is 15.4 Å². The van der Waals surface area contributed by atoms with Crippen LogP contribution in [0, 0.1) is 6.92 Å². The Bertz CT molecular complexity index is 1160. The van der Waals surface area contributed by atoms with Gasteiger partial charge in [-0.05, 0) is 66.8 Å². The van der Waals surface area contributed by atoms with Crippen molar-refractivity contribution in [2.24, 2.45) is 0 Å². The Hall–Kier alpha value is -3.37. The monoisotopic (exact) mass is 468 g/mol. The maximum Gasteiger partial charge on any atom is 0.251 e. The second-order valence-corrected chi connectivity index (χ2v) is 9.31. The number of ether oxygens (including phenoxy) is 1. The van der Waals surface area contributed by atoms with Gasteiger partial charge in [0.05, 0.1) is 6.61 Å². The van der Waals surface area contributed by atoms with Crippen LogP contribution < -0.4 is 15.4 Å². The number of amides is 1. The van der Waals surface area contributed by atoms with E-state index in [2.05, 4.69) is 79.9 Å². The number of carbonyl (C=O) groups is 1. The van der Waals surface area contributed by atoms with Gasteiger partial charge in [0.25, 0.3) is 5.91 Å². The molecule has 1 atom stereocenters. The van der Waals surface area contributed by atoms with Gasteiger partial charge in [0.1, 0.15) is 5.75 Å². The molecule has 1 aliphatic heterocycles. The summed E-state index contributed by atoms with van der Waals surface area (Å²) in [6.45, 7) is 7.86. The molecule has 0 radical (unpaired) electrons. The van der Waals surface area contributed by atoms with Gasteiger partial charge in [-0.25, -0.2) is 0 Å². The van der Waals surface area contributed by atoms with E-state index >= 15 is 0 Å². The second-order valence-electron chi connectivity index (χ2n) is 9.31. The molecule has 35 heavy (non-hydrogen) atoms. The predicted molar refractivity (Wildman–Crippen MR) is 146 cm³/mol. The lowest BCUT2D eigenvalue weighted by Crippen LogP contribution is -2.27. The molecule has 2 N–H and O–H groups in total. The zero-order valence-corrected chi connectivity index (χ0v) is 21.1. The minimum Gasteiger partial charge on any atom is -0.493 e. The first-order chi connectivity index (χ1) is 17.1. The topological polar surface area (TPSA) is 50.4 Å². The second kappa shape index (κ2) is 11.9.